The summed E-state index contributed by atoms with van der Waals surface area (Å²) in [6.45, 7) is 3.21. The van der Waals surface area contributed by atoms with Gasteiger partial charge in [-0.2, -0.15) is 0 Å². The van der Waals surface area contributed by atoms with Gasteiger partial charge in [0.2, 0.25) is 5.91 Å². The van der Waals surface area contributed by atoms with E-state index >= 15 is 0 Å². The van der Waals surface area contributed by atoms with Gasteiger partial charge in [0, 0.05) is 12.5 Å². The first-order valence-corrected chi connectivity index (χ1v) is 6.05. The number of carbonyl (C=O) groups is 2. The molecule has 0 aliphatic heterocycles. The minimum atomic E-state index is -1.34. The van der Waals surface area contributed by atoms with Crippen molar-refractivity contribution in [3.8, 4) is 0 Å². The molecule has 0 aromatic heterocycles. The van der Waals surface area contributed by atoms with Crippen LogP contribution < -0.4 is 11.1 Å². The van der Waals surface area contributed by atoms with E-state index in [1.807, 2.05) is 0 Å². The van der Waals surface area contributed by atoms with E-state index in [1.165, 1.54) is 12.1 Å². The zero-order chi connectivity index (χ0) is 16.2. The van der Waals surface area contributed by atoms with Crippen molar-refractivity contribution in [2.45, 2.75) is 20.3 Å². The summed E-state index contributed by atoms with van der Waals surface area (Å²) in [7, 11) is 0. The Bertz CT molecular complexity index is 637. The lowest BCUT2D eigenvalue weighted by molar-refractivity contribution is -0.383. The van der Waals surface area contributed by atoms with Crippen LogP contribution in [0.5, 0.6) is 0 Å². The highest BCUT2D eigenvalue weighted by atomic mass is 16.6. The predicted octanol–water partition coefficient (Wildman–Crippen LogP) is 1.44. The number of aryl methyl sites for hydroxylation is 1. The molecule has 21 heavy (non-hydrogen) atoms. The Morgan fingerprint density at radius 2 is 2.10 bits per heavy atom. The summed E-state index contributed by atoms with van der Waals surface area (Å²) in [6.07, 6.45) is 1.28. The van der Waals surface area contributed by atoms with Gasteiger partial charge < -0.3 is 16.2 Å². The number of hydrogen-bond donors (Lipinski definition) is 3. The topological polar surface area (TPSA) is 136 Å². The Morgan fingerprint density at radius 1 is 1.48 bits per heavy atom. The lowest BCUT2D eigenvalue weighted by atomic mass is 10.0. The third-order valence-corrected chi connectivity index (χ3v) is 2.74. The number of amides is 1. The van der Waals surface area contributed by atoms with Gasteiger partial charge in [-0.05, 0) is 30.2 Å². The van der Waals surface area contributed by atoms with E-state index in [-0.39, 0.29) is 23.5 Å². The molecule has 8 heteroatoms. The number of nitrogens with zero attached hydrogens (tertiary/aromatic N) is 1. The average Bonchev–Trinajstić information content (AvgIpc) is 2.39. The van der Waals surface area contributed by atoms with Gasteiger partial charge in [0.25, 0.3) is 5.69 Å². The number of carboxylic acid groups (broad SMARTS) is 1. The number of anilines is 1. The molecule has 0 unspecified atom stereocenters. The molecule has 1 aromatic carbocycles. The molecule has 1 aromatic rings. The fraction of sp³-hybridized carbons (Fsp3) is 0.231. The fourth-order valence-corrected chi connectivity index (χ4v) is 1.59. The molecular weight excluding hydrogens is 278 g/mol. The molecule has 0 atom stereocenters. The first-order valence-electron chi connectivity index (χ1n) is 6.05. The van der Waals surface area contributed by atoms with Crippen molar-refractivity contribution in [1.29, 1.82) is 0 Å². The van der Waals surface area contributed by atoms with Crippen LogP contribution in [0, 0.1) is 17.0 Å². The van der Waals surface area contributed by atoms with Crippen LogP contribution in [0.3, 0.4) is 0 Å². The maximum atomic E-state index is 11.3. The summed E-state index contributed by atoms with van der Waals surface area (Å²) < 4.78 is 0. The maximum absolute atomic E-state index is 11.3. The quantitative estimate of drug-likeness (QED) is 0.325. The lowest BCUT2D eigenvalue weighted by Crippen LogP contribution is -2.26. The van der Waals surface area contributed by atoms with Crippen molar-refractivity contribution in [2.75, 3.05) is 5.73 Å². The Morgan fingerprint density at radius 3 is 2.57 bits per heavy atom. The number of benzene rings is 1. The molecule has 0 heterocycles. The van der Waals surface area contributed by atoms with Crippen molar-refractivity contribution >= 4 is 29.3 Å². The number of nitro benzene ring substituents is 1. The van der Waals surface area contributed by atoms with Gasteiger partial charge in [-0.1, -0.05) is 6.92 Å². The second-order valence-electron chi connectivity index (χ2n) is 4.29. The van der Waals surface area contributed by atoms with Crippen LogP contribution in [0.15, 0.2) is 17.8 Å². The summed E-state index contributed by atoms with van der Waals surface area (Å²) >= 11 is 0. The number of nitrogen functional groups attached to an aromatic ring is 1. The van der Waals surface area contributed by atoms with Crippen molar-refractivity contribution in [2.24, 2.45) is 0 Å². The van der Waals surface area contributed by atoms with Crippen LogP contribution in [0.25, 0.3) is 6.08 Å². The number of nitrogens with one attached hydrogen (secondary N) is 1. The largest absolute Gasteiger partial charge is 0.477 e. The van der Waals surface area contributed by atoms with Gasteiger partial charge in [0.05, 0.1) is 4.92 Å². The van der Waals surface area contributed by atoms with Crippen molar-refractivity contribution in [1.82, 2.24) is 5.32 Å². The number of rotatable bonds is 5. The molecule has 0 bridgehead atoms. The standard InChI is InChI=1S/C13H15N3O5/c1-3-12(17)15-10(13(18)19)5-8-6-11(16(20)21)9(14)4-7(8)2/h4-6H,3,14H2,1-2H3,(H,15,17)(H,18,19). The van der Waals surface area contributed by atoms with Crippen LogP contribution in [0.1, 0.15) is 24.5 Å². The summed E-state index contributed by atoms with van der Waals surface area (Å²) in [5, 5.41) is 22.1. The SMILES string of the molecule is CCC(=O)NC(=Cc1cc([N+](=O)[O-])c(N)cc1C)C(=O)O. The van der Waals surface area contributed by atoms with Crippen LogP contribution in [-0.2, 0) is 9.59 Å². The molecule has 4 N–H and O–H groups in total. The molecule has 1 amide bonds. The van der Waals surface area contributed by atoms with E-state index in [9.17, 15) is 19.7 Å². The minimum absolute atomic E-state index is 0.0101. The van der Waals surface area contributed by atoms with Gasteiger partial charge in [-0.3, -0.25) is 14.9 Å². The Balaban J connectivity index is 3.33. The Labute approximate surface area is 120 Å². The summed E-state index contributed by atoms with van der Waals surface area (Å²) in [6, 6.07) is 2.55. The van der Waals surface area contributed by atoms with E-state index in [2.05, 4.69) is 5.32 Å². The van der Waals surface area contributed by atoms with E-state index in [0.29, 0.717) is 11.1 Å². The minimum Gasteiger partial charge on any atom is -0.477 e. The van der Waals surface area contributed by atoms with Crippen LogP contribution in [0.2, 0.25) is 0 Å². The monoisotopic (exact) mass is 293 g/mol. The lowest BCUT2D eigenvalue weighted by Gasteiger charge is -2.07. The molecule has 0 radical (unpaired) electrons. The predicted molar refractivity (Wildman–Crippen MR) is 76.3 cm³/mol. The van der Waals surface area contributed by atoms with Crippen molar-refractivity contribution in [3.05, 3.63) is 39.1 Å². The number of carboxylic acids is 1. The van der Waals surface area contributed by atoms with Crippen LogP contribution in [-0.4, -0.2) is 21.9 Å². The molecule has 0 fully saturated rings. The summed E-state index contributed by atoms with van der Waals surface area (Å²) in [5.74, 6) is -1.80. The smallest absolute Gasteiger partial charge is 0.352 e. The van der Waals surface area contributed by atoms with E-state index < -0.39 is 16.8 Å². The van der Waals surface area contributed by atoms with Gasteiger partial charge in [0.15, 0.2) is 0 Å². The highest BCUT2D eigenvalue weighted by Crippen LogP contribution is 2.26. The molecule has 0 spiro atoms. The second kappa shape index (κ2) is 6.51. The highest BCUT2D eigenvalue weighted by molar-refractivity contribution is 5.97. The highest BCUT2D eigenvalue weighted by Gasteiger charge is 2.16. The Hall–Kier alpha value is -2.90. The zero-order valence-electron chi connectivity index (χ0n) is 11.5. The van der Waals surface area contributed by atoms with Crippen molar-refractivity contribution in [3.63, 3.8) is 0 Å². The normalized spacial score (nSPS) is 11.0. The first kappa shape index (κ1) is 16.2. The molecule has 1 rings (SSSR count). The van der Waals surface area contributed by atoms with Crippen LogP contribution in [0.4, 0.5) is 11.4 Å². The molecule has 112 valence electrons. The van der Waals surface area contributed by atoms with Gasteiger partial charge in [-0.15, -0.1) is 0 Å². The van der Waals surface area contributed by atoms with Gasteiger partial charge in [0.1, 0.15) is 11.4 Å². The number of nitrogens with two attached hydrogens (primary N) is 1. The molecule has 0 saturated heterocycles. The van der Waals surface area contributed by atoms with E-state index in [1.54, 1.807) is 13.8 Å². The molecular formula is C13H15N3O5. The van der Waals surface area contributed by atoms with E-state index in [4.69, 9.17) is 10.8 Å². The van der Waals surface area contributed by atoms with Gasteiger partial charge in [-0.25, -0.2) is 4.79 Å². The summed E-state index contributed by atoms with van der Waals surface area (Å²) in [5.41, 5.74) is 5.70. The second-order valence-corrected chi connectivity index (χ2v) is 4.29. The molecule has 8 nitrogen and oxygen atoms in total. The molecule has 0 saturated carbocycles. The zero-order valence-corrected chi connectivity index (χ0v) is 11.5. The number of aliphatic carboxylic acids is 1. The molecule has 0 aliphatic carbocycles. The van der Waals surface area contributed by atoms with Crippen LogP contribution >= 0.6 is 0 Å². The average molecular weight is 293 g/mol. The number of hydrogen-bond acceptors (Lipinski definition) is 5. The molecule has 0 aliphatic rings. The van der Waals surface area contributed by atoms with E-state index in [0.717, 1.165) is 6.08 Å². The number of nitro groups is 1. The van der Waals surface area contributed by atoms with Gasteiger partial charge >= 0.3 is 5.97 Å². The van der Waals surface area contributed by atoms with Crippen molar-refractivity contribution < 1.29 is 19.6 Å². The fourth-order valence-electron chi connectivity index (χ4n) is 1.59. The third kappa shape index (κ3) is 4.03. The first-order chi connectivity index (χ1) is 9.76. The third-order valence-electron chi connectivity index (χ3n) is 2.74. The Kier molecular flexibility index (Phi) is 5.01. The maximum Gasteiger partial charge on any atom is 0.352 e. The summed E-state index contributed by atoms with van der Waals surface area (Å²) in [4.78, 5) is 32.6. The number of carbonyl (C=O) groups excluding carboxylic acids is 1.